The quantitative estimate of drug-likeness (QED) is 0.338. The van der Waals surface area contributed by atoms with E-state index in [0.29, 0.717) is 0 Å². The van der Waals surface area contributed by atoms with E-state index in [4.69, 9.17) is 0 Å². The molecule has 0 heterocycles. The van der Waals surface area contributed by atoms with Gasteiger partial charge in [0.25, 0.3) is 0 Å². The average Bonchev–Trinajstić information content (AvgIpc) is 1.12. The van der Waals surface area contributed by atoms with E-state index in [0.717, 1.165) is 0 Å². The van der Waals surface area contributed by atoms with Crippen molar-refractivity contribution < 1.29 is 84.5 Å². The van der Waals surface area contributed by atoms with Crippen molar-refractivity contribution in [3.8, 4) is 0 Å². The van der Waals surface area contributed by atoms with Crippen LogP contribution in [0.1, 0.15) is 0 Å². The number of hydrogen-bond acceptors (Lipinski definition) is 0. The summed E-state index contributed by atoms with van der Waals surface area (Å²) in [7, 11) is -12.0. The summed E-state index contributed by atoms with van der Waals surface area (Å²) in [6, 6.07) is 0. The van der Waals surface area contributed by atoms with Gasteiger partial charge >= 0.3 is 31.6 Å². The molecule has 0 aromatic carbocycles. The van der Waals surface area contributed by atoms with Gasteiger partial charge in [0.2, 0.25) is 0 Å². The van der Waals surface area contributed by atoms with Crippen molar-refractivity contribution in [2.75, 3.05) is 0 Å². The van der Waals surface area contributed by atoms with E-state index in [1.165, 1.54) is 0 Å². The fourth-order valence-electron chi connectivity index (χ4n) is 0. The third kappa shape index (κ3) is 134000. The van der Waals surface area contributed by atoms with Crippen molar-refractivity contribution in [3.05, 3.63) is 0 Å². The molecule has 0 aliphatic rings. The van der Waals surface area contributed by atoms with Gasteiger partial charge in [-0.15, -0.1) is 0 Å². The number of hydrogen-bond donors (Lipinski definition) is 0. The minimum absolute atomic E-state index is 0. The molecule has 0 fully saturated rings. The van der Waals surface area contributed by atoms with E-state index in [1.807, 2.05) is 0 Å². The summed E-state index contributed by atoms with van der Waals surface area (Å²) in [5.41, 5.74) is 0. The summed E-state index contributed by atoms with van der Waals surface area (Å²) in [6.45, 7) is 0. The van der Waals surface area contributed by atoms with Crippen molar-refractivity contribution in [1.82, 2.24) is 0 Å². The van der Waals surface area contributed by atoms with Crippen molar-refractivity contribution in [2.45, 2.75) is 0 Å². The van der Waals surface area contributed by atoms with Crippen LogP contribution in [-0.2, 0) is 17.1 Å². The van der Waals surface area contributed by atoms with Gasteiger partial charge in [-0.05, 0) is 0 Å². The molecule has 0 amide bonds. The molecule has 12 N–H and O–H groups in total. The molecular weight excluding hydrogens is 325 g/mol. The fourth-order valence-corrected chi connectivity index (χ4v) is 0. The summed E-state index contributed by atoms with van der Waals surface area (Å²) in [5.74, 6) is 0. The van der Waals surface area contributed by atoms with Gasteiger partial charge in [-0.3, -0.25) is 0 Å². The van der Waals surface area contributed by atoms with E-state index < -0.39 is 14.5 Å². The predicted molar refractivity (Wildman–Crippen MR) is 42.1 cm³/mol. The minimum Gasteiger partial charge on any atom is -0.418 e. The van der Waals surface area contributed by atoms with Crippen LogP contribution in [0.4, 0.5) is 34.5 Å². The van der Waals surface area contributed by atoms with Crippen LogP contribution in [-0.4, -0.2) is 47.4 Å². The van der Waals surface area contributed by atoms with E-state index in [-0.39, 0.29) is 49.9 Å². The maximum absolute atomic E-state index is 9.75. The second kappa shape index (κ2) is 24.9. The molecule has 0 aromatic heterocycles. The Morgan fingerprint density at radius 3 is 0.353 bits per heavy atom. The van der Waals surface area contributed by atoms with Crippen LogP contribution in [0.5, 0.6) is 0 Å². The first-order valence-corrected chi connectivity index (χ1v) is 1.75. The summed E-state index contributed by atoms with van der Waals surface area (Å²) in [6.07, 6.45) is 0. The second-order valence-corrected chi connectivity index (χ2v) is 0.990. The number of halogens is 8. The molecule has 0 aliphatic carbocycles. The third-order valence-electron chi connectivity index (χ3n) is 0. The van der Waals surface area contributed by atoms with Gasteiger partial charge < -0.3 is 67.4 Å². The molecule has 6 nitrogen and oxygen atoms in total. The zero-order chi connectivity index (χ0) is 9.00. The van der Waals surface area contributed by atoms with Crippen LogP contribution >= 0.6 is 0 Å². The normalized spacial score (nSPS) is 7.06. The minimum atomic E-state index is -6.00. The van der Waals surface area contributed by atoms with Crippen LogP contribution in [0.15, 0.2) is 0 Å². The fraction of sp³-hybridized carbons (Fsp3) is 0. The van der Waals surface area contributed by atoms with Gasteiger partial charge in [-0.25, -0.2) is 0 Å². The molecule has 0 rings (SSSR count). The number of rotatable bonds is 0. The maximum atomic E-state index is 9.75. The molecule has 0 saturated carbocycles. The molecule has 0 spiro atoms. The summed E-state index contributed by atoms with van der Waals surface area (Å²) in [5, 5.41) is 0. The Kier molecular flexibility index (Phi) is 101. The molecular formula is H12B2F8MnO6. The van der Waals surface area contributed by atoms with Crippen LogP contribution < -0.4 is 0 Å². The van der Waals surface area contributed by atoms with E-state index in [1.54, 1.807) is 0 Å². The zero-order valence-corrected chi connectivity index (χ0v) is 8.74. The molecule has 0 saturated heterocycles. The van der Waals surface area contributed by atoms with Crippen molar-refractivity contribution in [1.29, 1.82) is 0 Å². The monoisotopic (exact) mass is 337 g/mol. The topological polar surface area (TPSA) is 189 Å². The zero-order valence-electron chi connectivity index (χ0n) is 7.56. The molecule has 1 radical (unpaired) electrons. The third-order valence-corrected chi connectivity index (χ3v) is 0. The van der Waals surface area contributed by atoms with E-state index >= 15 is 0 Å². The Morgan fingerprint density at radius 1 is 0.353 bits per heavy atom. The average molecular weight is 337 g/mol. The van der Waals surface area contributed by atoms with Crippen molar-refractivity contribution >= 4 is 14.5 Å². The molecule has 0 bridgehead atoms. The van der Waals surface area contributed by atoms with Crippen LogP contribution in [0.3, 0.4) is 0 Å². The first-order valence-electron chi connectivity index (χ1n) is 1.75. The van der Waals surface area contributed by atoms with Gasteiger partial charge in [0.1, 0.15) is 0 Å². The molecule has 17 heteroatoms. The second-order valence-electron chi connectivity index (χ2n) is 0.990. The molecule has 117 valence electrons. The van der Waals surface area contributed by atoms with Crippen LogP contribution in [0, 0.1) is 0 Å². The summed E-state index contributed by atoms with van der Waals surface area (Å²) >= 11 is 0. The Balaban J connectivity index is -0.00000000762. The largest absolute Gasteiger partial charge is 2.00 e. The van der Waals surface area contributed by atoms with Gasteiger partial charge in [0.05, 0.1) is 0 Å². The SMILES string of the molecule is F[B-](F)(F)F.F[B-](F)(F)F.O.O.O.O.O.O.[Mn+2]. The molecule has 17 heavy (non-hydrogen) atoms. The van der Waals surface area contributed by atoms with Crippen molar-refractivity contribution in [3.63, 3.8) is 0 Å². The van der Waals surface area contributed by atoms with Gasteiger partial charge in [0.15, 0.2) is 0 Å². The first kappa shape index (κ1) is 68.7. The Hall–Kier alpha value is -0.151. The smallest absolute Gasteiger partial charge is 0.418 e. The Bertz CT molecular complexity index is 71.0. The van der Waals surface area contributed by atoms with Gasteiger partial charge in [-0.1, -0.05) is 0 Å². The van der Waals surface area contributed by atoms with Crippen LogP contribution in [0.2, 0.25) is 0 Å². The first-order chi connectivity index (χ1) is 4.00. The molecule has 0 aliphatic heterocycles. The Labute approximate surface area is 99.9 Å². The van der Waals surface area contributed by atoms with E-state index in [9.17, 15) is 34.5 Å². The van der Waals surface area contributed by atoms with Crippen LogP contribution in [0.25, 0.3) is 0 Å². The summed E-state index contributed by atoms with van der Waals surface area (Å²) in [4.78, 5) is 0. The Morgan fingerprint density at radius 2 is 0.353 bits per heavy atom. The molecule has 0 unspecified atom stereocenters. The van der Waals surface area contributed by atoms with E-state index in [2.05, 4.69) is 0 Å². The van der Waals surface area contributed by atoms with Gasteiger partial charge in [-0.2, -0.15) is 0 Å². The summed E-state index contributed by atoms with van der Waals surface area (Å²) < 4.78 is 78.0. The predicted octanol–water partition coefficient (Wildman–Crippen LogP) is -2.35. The van der Waals surface area contributed by atoms with Crippen molar-refractivity contribution in [2.24, 2.45) is 0 Å². The molecule has 0 aromatic rings. The standard InChI is InChI=1S/2BF4.Mn.6H2O/c2*2-1(3,4)5;;;;;;;/h;;;6*1H2/q2*-1;+2;;;;;;. The maximum Gasteiger partial charge on any atom is 2.00 e. The van der Waals surface area contributed by atoms with Gasteiger partial charge in [0, 0.05) is 0 Å². The molecule has 0 atom stereocenters.